The van der Waals surface area contributed by atoms with Crippen molar-refractivity contribution in [1.82, 2.24) is 16.0 Å². The molecule has 3 saturated carbocycles. The van der Waals surface area contributed by atoms with Crippen LogP contribution in [0, 0.1) is 46.3 Å². The number of anilines is 3. The molecule has 27 heteroatoms. The zero-order chi connectivity index (χ0) is 77.2. The number of allylic oxidation sites excluding steroid dienone is 4. The lowest BCUT2D eigenvalue weighted by Crippen LogP contribution is -2.71. The molecule has 2 aliphatic heterocycles. The number of hydrogen-bond donors (Lipinski definition) is 7. The number of ether oxygens (including phenoxy) is 8. The van der Waals surface area contributed by atoms with Crippen LogP contribution in [0.25, 0.3) is 0 Å². The summed E-state index contributed by atoms with van der Waals surface area (Å²) < 4.78 is 81.1. The third kappa shape index (κ3) is 19.2. The number of ketones is 3. The molecule has 1 unspecified atom stereocenters. The summed E-state index contributed by atoms with van der Waals surface area (Å²) in [6.45, 7) is 10.9. The van der Waals surface area contributed by atoms with Gasteiger partial charge in [0.05, 0.1) is 83.3 Å². The maximum absolute atomic E-state index is 18.0. The highest BCUT2D eigenvalue weighted by Crippen LogP contribution is 2.72. The summed E-state index contributed by atoms with van der Waals surface area (Å²) in [4.78, 5) is 120. The second kappa shape index (κ2) is 37.2. The van der Waals surface area contributed by atoms with Gasteiger partial charge in [0.1, 0.15) is 25.1 Å². The third-order valence-electron chi connectivity index (χ3n) is 21.5. The Labute approximate surface area is 627 Å². The molecule has 2 heterocycles. The fraction of sp³-hybridized carbons (Fsp3) is 0.519. The smallest absolute Gasteiger partial charge is 0.411 e. The number of aliphatic hydroxyl groups is 1. The number of aliphatic hydroxyl groups excluding tert-OH is 1. The van der Waals surface area contributed by atoms with Crippen molar-refractivity contribution in [3.05, 3.63) is 143 Å². The molecule has 6 aliphatic rings. The van der Waals surface area contributed by atoms with Crippen LogP contribution in [0.4, 0.5) is 35.4 Å². The van der Waals surface area contributed by atoms with Gasteiger partial charge in [-0.25, -0.2) is 18.4 Å². The molecule has 4 aromatic rings. The first-order chi connectivity index (χ1) is 51.9. The highest BCUT2D eigenvalue weighted by Gasteiger charge is 2.80. The number of alkyl halides is 2. The Kier molecular flexibility index (Phi) is 28.0. The van der Waals surface area contributed by atoms with E-state index < -0.39 is 113 Å². The van der Waals surface area contributed by atoms with Gasteiger partial charge in [-0.3, -0.25) is 38.9 Å². The van der Waals surface area contributed by atoms with Gasteiger partial charge in [0.25, 0.3) is 0 Å². The van der Waals surface area contributed by atoms with Crippen LogP contribution in [-0.2, 0) is 79.9 Å². The molecule has 25 nitrogen and oxygen atoms in total. The molecular formula is C81H99F2N7O18. The summed E-state index contributed by atoms with van der Waals surface area (Å²) in [6, 6.07) is 26.2. The number of fused-ring (bicyclic) bond motifs is 9. The number of nitrogens with one attached hydrogen (secondary N) is 5. The van der Waals surface area contributed by atoms with Gasteiger partial charge in [-0.15, -0.1) is 0 Å². The van der Waals surface area contributed by atoms with Crippen molar-refractivity contribution in [3.63, 3.8) is 0 Å². The number of rotatable bonds is 38. The second-order valence-electron chi connectivity index (χ2n) is 29.0. The molecular weight excluding hydrogens is 1400 g/mol. The van der Waals surface area contributed by atoms with E-state index in [4.69, 9.17) is 43.6 Å². The molecule has 0 radical (unpaired) electrons. The van der Waals surface area contributed by atoms with Crippen LogP contribution in [-0.4, -0.2) is 173 Å². The maximum Gasteiger partial charge on any atom is 0.411 e. The Bertz CT molecular complexity index is 4020. The molecule has 12 atom stereocenters. The lowest BCUT2D eigenvalue weighted by Gasteiger charge is -2.63. The van der Waals surface area contributed by atoms with Crippen LogP contribution in [0.5, 0.6) is 5.75 Å². The van der Waals surface area contributed by atoms with E-state index in [1.54, 1.807) is 74.2 Å². The lowest BCUT2D eigenvalue weighted by atomic mass is 9.44. The molecule has 108 heavy (non-hydrogen) atoms. The minimum Gasteiger partial charge on any atom is -0.486 e. The van der Waals surface area contributed by atoms with Gasteiger partial charge < -0.3 is 74.9 Å². The molecule has 1 saturated heterocycles. The summed E-state index contributed by atoms with van der Waals surface area (Å²) in [5, 5.41) is 25.6. The zero-order valence-corrected chi connectivity index (χ0v) is 61.8. The molecule has 4 fully saturated rings. The number of urea groups is 1. The molecule has 7 amide bonds. The Morgan fingerprint density at radius 1 is 0.759 bits per heavy atom. The number of primary amides is 1. The van der Waals surface area contributed by atoms with Crippen LogP contribution in [0.2, 0.25) is 0 Å². The summed E-state index contributed by atoms with van der Waals surface area (Å²) in [7, 11) is 0. The van der Waals surface area contributed by atoms with Gasteiger partial charge in [0, 0.05) is 83.9 Å². The highest BCUT2D eigenvalue weighted by molar-refractivity contribution is 6.02. The van der Waals surface area contributed by atoms with Crippen LogP contribution in [0.1, 0.15) is 128 Å². The third-order valence-corrected chi connectivity index (χ3v) is 21.5. The number of benzene rings is 4. The van der Waals surface area contributed by atoms with E-state index in [9.17, 15) is 48.3 Å². The minimum absolute atomic E-state index is 0.00523. The van der Waals surface area contributed by atoms with Gasteiger partial charge in [-0.1, -0.05) is 94.5 Å². The largest absolute Gasteiger partial charge is 0.486 e. The molecule has 0 spiro atoms. The standard InChI is InChI=1S/C81H99F2N7O18/c1-6-12-73-107-69-46-61-62-45-64(82)63-44-59(91)30-32-78(63,4)80(62,83)67(93)47-79(61,5)81(69,108-73)68(94)50-105-60-26-24-58(25-27-60)88-77(100)106-49-52-18-22-57(23-19-52)87-75(98)55(16-11-33-86-76(84)99)43-66(92)74(51(2)3)89-71(96)31-35-101-37-39-103-41-42-104-40-38-102-36-34-85-70(95)28-29-72(97)90-48-56-15-8-7-13-53(56)20-21-54-14-9-10-17-65(54)90/h7-10,13-15,17-19,22-27,30,32,44,51,55,61-62,64,67,69,73-74,93H,6,11-12,16,28-29,31,33-43,45-50H2,1-5H3,(H,85,95)(H,87,98)(H,88,100)(H,89,96)(H3,84,86,99)/t55-,61+,62+,64+,67+,69-,73?,74+,78+,79+,80+,81-/m1/s1. The summed E-state index contributed by atoms with van der Waals surface area (Å²) >= 11 is 0. The van der Waals surface area contributed by atoms with E-state index in [1.165, 1.54) is 19.1 Å². The number of amides is 7. The van der Waals surface area contributed by atoms with Crippen LogP contribution >= 0.6 is 0 Å². The van der Waals surface area contributed by atoms with Crippen LogP contribution in [0.15, 0.2) is 121 Å². The number of halogens is 2. The van der Waals surface area contributed by atoms with Gasteiger partial charge >= 0.3 is 12.1 Å². The predicted molar refractivity (Wildman–Crippen MR) is 394 cm³/mol. The SMILES string of the molecule is CCCC1O[C@@H]2C[C@H]3[C@@H]4C[C@H](F)C5=CC(=O)C=C[C@]5(C)[C@@]4(F)[C@@H](O)C[C@]3(C)[C@]2(C(=O)COc2ccc(NC(=O)OCc3ccc(NC(=O)[C@H](CCCNC(N)=O)CC(=O)[C@@H](NC(=O)CCOCCOCCOCCOCCNC(=O)CCC(=O)N4Cc5ccccc5C#Cc5ccccc54)C(C)C)cc3)cc2)O1. The maximum atomic E-state index is 18.0. The molecule has 8 N–H and O–H groups in total. The van der Waals surface area contributed by atoms with Crippen molar-refractivity contribution in [2.24, 2.45) is 40.2 Å². The Balaban J connectivity index is 0.593. The molecule has 10 rings (SSSR count). The number of Topliss-reactive ketones (excluding diaryl/α,β-unsaturated/α-hetero) is 2. The molecule has 4 aromatic carbocycles. The summed E-state index contributed by atoms with van der Waals surface area (Å²) in [5.41, 5.74) is 3.03. The quantitative estimate of drug-likeness (QED) is 0.0162. The van der Waals surface area contributed by atoms with Crippen LogP contribution < -0.4 is 42.0 Å². The Morgan fingerprint density at radius 3 is 2.12 bits per heavy atom. The van der Waals surface area contributed by atoms with E-state index in [0.29, 0.717) is 68.3 Å². The number of hydrogen-bond acceptors (Lipinski definition) is 18. The number of carbonyl (C=O) groups is 9. The summed E-state index contributed by atoms with van der Waals surface area (Å²) in [5.74, 6) is 1.17. The topological polar surface area (TPSA) is 337 Å². The van der Waals surface area contributed by atoms with E-state index in [2.05, 4.69) is 38.4 Å². The number of carbonyl (C=O) groups excluding carboxylic acids is 9. The number of nitrogens with zero attached hydrogens (tertiary/aromatic N) is 1. The summed E-state index contributed by atoms with van der Waals surface area (Å²) in [6.07, 6.45) is -0.764. The average molecular weight is 1500 g/mol. The molecule has 0 aromatic heterocycles. The van der Waals surface area contributed by atoms with E-state index >= 15 is 8.78 Å². The predicted octanol–water partition coefficient (Wildman–Crippen LogP) is 9.00. The van der Waals surface area contributed by atoms with Crippen molar-refractivity contribution in [3.8, 4) is 17.6 Å². The first-order valence-corrected chi connectivity index (χ1v) is 37.2. The van der Waals surface area contributed by atoms with E-state index in [1.807, 2.05) is 55.5 Å². The van der Waals surface area contributed by atoms with Crippen molar-refractivity contribution in [2.45, 2.75) is 160 Å². The lowest BCUT2D eigenvalue weighted by molar-refractivity contribution is -0.234. The number of nitrogens with two attached hydrogens (primary N) is 1. The van der Waals surface area contributed by atoms with E-state index in [0.717, 1.165) is 22.8 Å². The van der Waals surface area contributed by atoms with Crippen molar-refractivity contribution in [1.29, 1.82) is 0 Å². The van der Waals surface area contributed by atoms with Crippen LogP contribution in [0.3, 0.4) is 0 Å². The van der Waals surface area contributed by atoms with Gasteiger partial charge in [0.2, 0.25) is 29.4 Å². The highest BCUT2D eigenvalue weighted by atomic mass is 19.1. The molecule has 4 aliphatic carbocycles. The fourth-order valence-electron chi connectivity index (χ4n) is 16.0. The first kappa shape index (κ1) is 81.3. The number of para-hydroxylation sites is 1. The van der Waals surface area contributed by atoms with Gasteiger partial charge in [0.15, 0.2) is 29.1 Å². The Hall–Kier alpha value is -9.27. The average Bonchev–Trinajstić information content (AvgIpc) is 1.44. The van der Waals surface area contributed by atoms with Gasteiger partial charge in [-0.05, 0) is 141 Å². The molecule has 580 valence electrons. The van der Waals surface area contributed by atoms with Crippen molar-refractivity contribution in [2.75, 3.05) is 88.1 Å². The van der Waals surface area contributed by atoms with Gasteiger partial charge in [-0.2, -0.15) is 0 Å². The normalized spacial score (nSPS) is 24.7. The second-order valence-corrected chi connectivity index (χ2v) is 29.0. The first-order valence-electron chi connectivity index (χ1n) is 37.2. The van der Waals surface area contributed by atoms with E-state index in [-0.39, 0.29) is 139 Å². The molecule has 0 bridgehead atoms. The zero-order valence-electron chi connectivity index (χ0n) is 61.8. The van der Waals surface area contributed by atoms with Crippen molar-refractivity contribution >= 4 is 70.2 Å². The monoisotopic (exact) mass is 1500 g/mol. The fourth-order valence-corrected chi connectivity index (χ4v) is 16.0. The van der Waals surface area contributed by atoms with Crippen molar-refractivity contribution < 1.29 is 94.9 Å². The Morgan fingerprint density at radius 2 is 1.42 bits per heavy atom. The minimum atomic E-state index is -2.35.